The average Bonchev–Trinajstić information content (AvgIpc) is 2.56. The van der Waals surface area contributed by atoms with Crippen LogP contribution < -0.4 is 10.6 Å². The van der Waals surface area contributed by atoms with Crippen molar-refractivity contribution >= 4 is 21.7 Å². The Labute approximate surface area is 105 Å². The highest BCUT2D eigenvalue weighted by Crippen LogP contribution is 2.29. The second-order valence-electron chi connectivity index (χ2n) is 4.41. The molecule has 0 bridgehead atoms. The highest BCUT2D eigenvalue weighted by atomic mass is 32.2. The summed E-state index contributed by atoms with van der Waals surface area (Å²) in [4.78, 5) is 12.8. The molecule has 18 heavy (non-hydrogen) atoms. The number of nitrogens with two attached hydrogens (primary N) is 1. The Bertz CT molecular complexity index is 597. The molecule has 1 aromatic carbocycles. The van der Waals surface area contributed by atoms with Crippen LogP contribution in [0.25, 0.3) is 0 Å². The highest BCUT2D eigenvalue weighted by Gasteiger charge is 2.31. The number of carbonyl (C=O) groups excluding carboxylic acids is 1. The lowest BCUT2D eigenvalue weighted by atomic mass is 10.2. The number of carbonyl (C=O) groups is 1. The van der Waals surface area contributed by atoms with E-state index in [-0.39, 0.29) is 35.5 Å². The zero-order valence-corrected chi connectivity index (χ0v) is 10.6. The minimum Gasteiger partial charge on any atom is -0.326 e. The second kappa shape index (κ2) is 4.34. The number of hydrogen-bond acceptors (Lipinski definition) is 4. The van der Waals surface area contributed by atoms with Crippen LogP contribution in [0.4, 0.5) is 5.69 Å². The van der Waals surface area contributed by atoms with E-state index in [0.717, 1.165) is 0 Å². The van der Waals surface area contributed by atoms with E-state index >= 15 is 0 Å². The summed E-state index contributed by atoms with van der Waals surface area (Å²) >= 11 is 0. The molecule has 0 aliphatic carbocycles. The van der Waals surface area contributed by atoms with Gasteiger partial charge in [-0.3, -0.25) is 9.35 Å². The number of aryl methyl sites for hydroxylation is 1. The molecule has 1 fully saturated rings. The third kappa shape index (κ3) is 2.38. The van der Waals surface area contributed by atoms with Crippen LogP contribution in [-0.2, 0) is 14.9 Å². The van der Waals surface area contributed by atoms with E-state index in [0.29, 0.717) is 5.56 Å². The number of nitrogens with zero attached hydrogens (tertiary/aromatic N) is 1. The van der Waals surface area contributed by atoms with Crippen LogP contribution in [0.5, 0.6) is 0 Å². The van der Waals surface area contributed by atoms with Crippen LogP contribution in [0, 0.1) is 6.92 Å². The predicted octanol–water partition coefficient (Wildman–Crippen LogP) is 0.306. The molecular weight excluding hydrogens is 256 g/mol. The molecule has 0 radical (unpaired) electrons. The minimum atomic E-state index is -4.37. The third-order valence-electron chi connectivity index (χ3n) is 2.84. The molecule has 1 aliphatic heterocycles. The number of hydrogen-bond donors (Lipinski definition) is 2. The number of rotatable bonds is 2. The zero-order chi connectivity index (χ0) is 13.5. The first-order chi connectivity index (χ1) is 8.29. The molecule has 7 heteroatoms. The van der Waals surface area contributed by atoms with E-state index in [4.69, 9.17) is 5.73 Å². The molecule has 1 amide bonds. The van der Waals surface area contributed by atoms with Gasteiger partial charge in [0.05, 0.1) is 5.69 Å². The fraction of sp³-hybridized carbons (Fsp3) is 0.364. The number of benzene rings is 1. The van der Waals surface area contributed by atoms with Gasteiger partial charge in [0.25, 0.3) is 10.1 Å². The zero-order valence-electron chi connectivity index (χ0n) is 9.83. The number of amides is 1. The van der Waals surface area contributed by atoms with Gasteiger partial charge >= 0.3 is 0 Å². The summed E-state index contributed by atoms with van der Waals surface area (Å²) in [5.41, 5.74) is 6.53. The lowest BCUT2D eigenvalue weighted by molar-refractivity contribution is -0.117. The molecule has 98 valence electrons. The van der Waals surface area contributed by atoms with E-state index in [1.807, 2.05) is 0 Å². The van der Waals surface area contributed by atoms with Crippen molar-refractivity contribution < 1.29 is 17.8 Å². The SMILES string of the molecule is Cc1ccc(N2CC(N)CC2=O)c(S(=O)(=O)O)c1. The lowest BCUT2D eigenvalue weighted by Gasteiger charge is -2.19. The molecule has 1 aliphatic rings. The largest absolute Gasteiger partial charge is 0.326 e. The molecule has 0 spiro atoms. The van der Waals surface area contributed by atoms with Gasteiger partial charge in [0.15, 0.2) is 0 Å². The normalized spacial score (nSPS) is 20.5. The van der Waals surface area contributed by atoms with Gasteiger partial charge in [-0.25, -0.2) is 0 Å². The quantitative estimate of drug-likeness (QED) is 0.753. The van der Waals surface area contributed by atoms with Crippen LogP contribution in [-0.4, -0.2) is 31.5 Å². The first-order valence-corrected chi connectivity index (χ1v) is 6.87. The molecule has 3 N–H and O–H groups in total. The highest BCUT2D eigenvalue weighted by molar-refractivity contribution is 7.86. The predicted molar refractivity (Wildman–Crippen MR) is 65.9 cm³/mol. The number of anilines is 1. The summed E-state index contributed by atoms with van der Waals surface area (Å²) in [5, 5.41) is 0. The molecule has 0 aromatic heterocycles. The monoisotopic (exact) mass is 270 g/mol. The van der Waals surface area contributed by atoms with E-state index in [2.05, 4.69) is 0 Å². The van der Waals surface area contributed by atoms with Crippen molar-refractivity contribution in [2.75, 3.05) is 11.4 Å². The van der Waals surface area contributed by atoms with Crippen molar-refractivity contribution in [3.63, 3.8) is 0 Å². The third-order valence-corrected chi connectivity index (χ3v) is 3.72. The van der Waals surface area contributed by atoms with Gasteiger partial charge in [0.1, 0.15) is 4.90 Å². The van der Waals surface area contributed by atoms with Crippen molar-refractivity contribution in [1.29, 1.82) is 0 Å². The van der Waals surface area contributed by atoms with Gasteiger partial charge in [-0.2, -0.15) is 8.42 Å². The Morgan fingerprint density at radius 2 is 2.11 bits per heavy atom. The molecular formula is C11H14N2O4S. The van der Waals surface area contributed by atoms with E-state index in [9.17, 15) is 17.8 Å². The molecule has 1 heterocycles. The van der Waals surface area contributed by atoms with Gasteiger partial charge in [-0.05, 0) is 24.6 Å². The van der Waals surface area contributed by atoms with Crippen molar-refractivity contribution in [2.24, 2.45) is 5.73 Å². The van der Waals surface area contributed by atoms with Crippen molar-refractivity contribution in [3.05, 3.63) is 23.8 Å². The first kappa shape index (κ1) is 13.0. The molecule has 2 rings (SSSR count). The fourth-order valence-electron chi connectivity index (χ4n) is 2.02. The molecule has 0 saturated carbocycles. The van der Waals surface area contributed by atoms with Crippen molar-refractivity contribution in [3.8, 4) is 0 Å². The standard InChI is InChI=1S/C11H14N2O4S/c1-7-2-3-9(10(4-7)18(15,16)17)13-6-8(12)5-11(13)14/h2-4,8H,5-6,12H2,1H3,(H,15,16,17). The first-order valence-electron chi connectivity index (χ1n) is 5.43. The Balaban J connectivity index is 2.55. The fourth-order valence-corrected chi connectivity index (χ4v) is 2.80. The van der Waals surface area contributed by atoms with Crippen LogP contribution in [0.3, 0.4) is 0 Å². The Hall–Kier alpha value is -1.44. The van der Waals surface area contributed by atoms with E-state index in [1.54, 1.807) is 13.0 Å². The Morgan fingerprint density at radius 1 is 1.44 bits per heavy atom. The summed E-state index contributed by atoms with van der Waals surface area (Å²) in [7, 11) is -4.37. The van der Waals surface area contributed by atoms with Crippen LogP contribution in [0.2, 0.25) is 0 Å². The van der Waals surface area contributed by atoms with E-state index in [1.165, 1.54) is 17.0 Å². The van der Waals surface area contributed by atoms with E-state index < -0.39 is 10.1 Å². The second-order valence-corrected chi connectivity index (χ2v) is 5.80. The minimum absolute atomic E-state index is 0.179. The van der Waals surface area contributed by atoms with Gasteiger partial charge < -0.3 is 10.6 Å². The summed E-state index contributed by atoms with van der Waals surface area (Å²) < 4.78 is 31.9. The smallest absolute Gasteiger partial charge is 0.296 e. The van der Waals surface area contributed by atoms with Gasteiger partial charge in [-0.15, -0.1) is 0 Å². The summed E-state index contributed by atoms with van der Waals surface area (Å²) in [6.07, 6.45) is 0.179. The maximum Gasteiger partial charge on any atom is 0.296 e. The molecule has 1 aromatic rings. The van der Waals surface area contributed by atoms with Gasteiger partial charge in [0.2, 0.25) is 5.91 Å². The average molecular weight is 270 g/mol. The molecule has 1 atom stereocenters. The summed E-state index contributed by atoms with van der Waals surface area (Å²) in [5.74, 6) is -0.240. The lowest BCUT2D eigenvalue weighted by Crippen LogP contribution is -2.29. The maximum absolute atomic E-state index is 11.7. The van der Waals surface area contributed by atoms with Gasteiger partial charge in [0, 0.05) is 19.0 Å². The van der Waals surface area contributed by atoms with Crippen molar-refractivity contribution in [1.82, 2.24) is 0 Å². The van der Waals surface area contributed by atoms with Crippen LogP contribution in [0.1, 0.15) is 12.0 Å². The summed E-state index contributed by atoms with van der Waals surface area (Å²) in [6.45, 7) is 1.96. The van der Waals surface area contributed by atoms with Gasteiger partial charge in [-0.1, -0.05) is 6.07 Å². The maximum atomic E-state index is 11.7. The van der Waals surface area contributed by atoms with Crippen LogP contribution >= 0.6 is 0 Å². The molecule has 1 unspecified atom stereocenters. The summed E-state index contributed by atoms with van der Waals surface area (Å²) in [6, 6.07) is 4.21. The van der Waals surface area contributed by atoms with Crippen LogP contribution in [0.15, 0.2) is 23.1 Å². The topological polar surface area (TPSA) is 101 Å². The van der Waals surface area contributed by atoms with Crippen molar-refractivity contribution in [2.45, 2.75) is 24.3 Å². The molecule has 1 saturated heterocycles. The Morgan fingerprint density at radius 3 is 2.61 bits per heavy atom. The molecule has 6 nitrogen and oxygen atoms in total. The Kier molecular flexibility index (Phi) is 3.14.